The van der Waals surface area contributed by atoms with Gasteiger partial charge in [-0.1, -0.05) is 30.3 Å². The Morgan fingerprint density at radius 2 is 1.86 bits per heavy atom. The van der Waals surface area contributed by atoms with Gasteiger partial charge in [-0.25, -0.2) is 0 Å². The van der Waals surface area contributed by atoms with Crippen LogP contribution in [0, 0.1) is 6.07 Å². The third-order valence-corrected chi connectivity index (χ3v) is 3.56. The minimum atomic E-state index is -0.127. The third-order valence-electron chi connectivity index (χ3n) is 3.56. The fourth-order valence-corrected chi connectivity index (χ4v) is 2.49. The van der Waals surface area contributed by atoms with Crippen molar-refractivity contribution in [3.05, 3.63) is 60.2 Å². The lowest BCUT2D eigenvalue weighted by Gasteiger charge is -2.31. The highest BCUT2D eigenvalue weighted by Gasteiger charge is 2.15. The Morgan fingerprint density at radius 3 is 2.62 bits per heavy atom. The minimum absolute atomic E-state index is 0.127. The second-order valence-electron chi connectivity index (χ2n) is 4.98. The van der Waals surface area contributed by atoms with Gasteiger partial charge in [-0.3, -0.25) is 4.79 Å². The minimum Gasteiger partial charge on any atom is -0.367 e. The van der Waals surface area contributed by atoms with Gasteiger partial charge in [0.15, 0.2) is 0 Å². The number of carbonyl (C=O) groups excluding carboxylic acids is 1. The van der Waals surface area contributed by atoms with Gasteiger partial charge < -0.3 is 15.5 Å². The Morgan fingerprint density at radius 1 is 1.10 bits per heavy atom. The summed E-state index contributed by atoms with van der Waals surface area (Å²) in [4.78, 5) is 14.6. The molecule has 1 fully saturated rings. The number of para-hydroxylation sites is 2. The van der Waals surface area contributed by atoms with Gasteiger partial charge in [-0.2, -0.15) is 0 Å². The summed E-state index contributed by atoms with van der Waals surface area (Å²) in [6, 6.07) is 18.1. The molecular weight excluding hydrogens is 262 g/mol. The largest absolute Gasteiger partial charge is 0.367 e. The second-order valence-corrected chi connectivity index (χ2v) is 4.98. The number of piperazine rings is 1. The van der Waals surface area contributed by atoms with E-state index in [1.807, 2.05) is 30.3 Å². The lowest BCUT2D eigenvalue weighted by molar-refractivity contribution is 0.102. The molecule has 0 saturated carbocycles. The zero-order valence-corrected chi connectivity index (χ0v) is 11.8. The number of amides is 1. The molecule has 0 aromatic heterocycles. The fourth-order valence-electron chi connectivity index (χ4n) is 2.49. The highest BCUT2D eigenvalue weighted by molar-refractivity contribution is 6.05. The van der Waals surface area contributed by atoms with E-state index >= 15 is 0 Å². The van der Waals surface area contributed by atoms with Crippen molar-refractivity contribution < 1.29 is 4.79 Å². The van der Waals surface area contributed by atoms with Gasteiger partial charge in [-0.15, -0.1) is 0 Å². The van der Waals surface area contributed by atoms with Crippen molar-refractivity contribution in [2.75, 3.05) is 36.4 Å². The molecule has 1 aliphatic heterocycles. The summed E-state index contributed by atoms with van der Waals surface area (Å²) in [5, 5.41) is 6.33. The zero-order chi connectivity index (χ0) is 14.5. The quantitative estimate of drug-likeness (QED) is 0.905. The monoisotopic (exact) mass is 280 g/mol. The van der Waals surface area contributed by atoms with Crippen molar-refractivity contribution in [1.82, 2.24) is 5.32 Å². The summed E-state index contributed by atoms with van der Waals surface area (Å²) in [6.45, 7) is 3.83. The molecule has 2 N–H and O–H groups in total. The molecule has 0 spiro atoms. The Balaban J connectivity index is 1.80. The molecule has 3 rings (SSSR count). The summed E-state index contributed by atoms with van der Waals surface area (Å²) < 4.78 is 0. The molecule has 2 aromatic rings. The molecule has 21 heavy (non-hydrogen) atoms. The smallest absolute Gasteiger partial charge is 0.256 e. The molecule has 0 unspecified atom stereocenters. The summed E-state index contributed by atoms with van der Waals surface area (Å²) in [6.07, 6.45) is 0. The lowest BCUT2D eigenvalue weighted by Crippen LogP contribution is -2.43. The zero-order valence-electron chi connectivity index (χ0n) is 11.8. The van der Waals surface area contributed by atoms with Crippen molar-refractivity contribution in [1.29, 1.82) is 0 Å². The van der Waals surface area contributed by atoms with E-state index in [9.17, 15) is 4.79 Å². The average molecular weight is 280 g/mol. The van der Waals surface area contributed by atoms with E-state index < -0.39 is 0 Å². The highest BCUT2D eigenvalue weighted by atomic mass is 16.1. The molecular formula is C17H18N3O. The molecule has 0 bridgehead atoms. The fraction of sp³-hybridized carbons (Fsp3) is 0.235. The van der Waals surface area contributed by atoms with Gasteiger partial charge in [0.25, 0.3) is 5.91 Å². The van der Waals surface area contributed by atoms with Crippen LogP contribution in [0.15, 0.2) is 48.5 Å². The number of benzene rings is 2. The molecule has 4 nitrogen and oxygen atoms in total. The number of rotatable bonds is 3. The van der Waals surface area contributed by atoms with E-state index in [0.29, 0.717) is 5.56 Å². The predicted molar refractivity (Wildman–Crippen MR) is 84.8 cm³/mol. The molecule has 1 heterocycles. The predicted octanol–water partition coefficient (Wildman–Crippen LogP) is 2.15. The van der Waals surface area contributed by atoms with E-state index in [-0.39, 0.29) is 5.91 Å². The highest BCUT2D eigenvalue weighted by Crippen LogP contribution is 2.26. The van der Waals surface area contributed by atoms with E-state index in [1.54, 1.807) is 12.1 Å². The molecule has 1 amide bonds. The topological polar surface area (TPSA) is 44.4 Å². The number of carbonyl (C=O) groups is 1. The summed E-state index contributed by atoms with van der Waals surface area (Å²) >= 11 is 0. The SMILES string of the molecule is O=C(Nc1ccccc1N1CCNCC1)c1[c]cccc1. The van der Waals surface area contributed by atoms with Crippen molar-refractivity contribution in [2.24, 2.45) is 0 Å². The van der Waals surface area contributed by atoms with Gasteiger partial charge in [0, 0.05) is 31.7 Å². The van der Waals surface area contributed by atoms with Crippen LogP contribution < -0.4 is 15.5 Å². The van der Waals surface area contributed by atoms with Crippen LogP contribution in [0.25, 0.3) is 0 Å². The molecule has 4 heteroatoms. The standard InChI is InChI=1S/C17H18N3O/c21-17(14-6-2-1-3-7-14)19-15-8-4-5-9-16(15)20-12-10-18-11-13-20/h1-6,8-9,18H,10-13H2,(H,19,21). The average Bonchev–Trinajstić information content (AvgIpc) is 2.57. The molecule has 1 radical (unpaired) electrons. The Labute approximate surface area is 124 Å². The summed E-state index contributed by atoms with van der Waals surface area (Å²) in [5.41, 5.74) is 2.47. The van der Waals surface area contributed by atoms with Crippen molar-refractivity contribution in [2.45, 2.75) is 0 Å². The summed E-state index contributed by atoms with van der Waals surface area (Å²) in [7, 11) is 0. The summed E-state index contributed by atoms with van der Waals surface area (Å²) in [5.74, 6) is -0.127. The number of hydrogen-bond acceptors (Lipinski definition) is 3. The molecule has 2 aromatic carbocycles. The first-order valence-corrected chi connectivity index (χ1v) is 7.17. The lowest BCUT2D eigenvalue weighted by atomic mass is 10.2. The molecule has 0 aliphatic carbocycles. The first kappa shape index (κ1) is 13.6. The maximum atomic E-state index is 12.3. The number of nitrogens with one attached hydrogen (secondary N) is 2. The number of hydrogen-bond donors (Lipinski definition) is 2. The molecule has 1 aliphatic rings. The normalized spacial score (nSPS) is 14.8. The third kappa shape index (κ3) is 3.23. The van der Waals surface area contributed by atoms with Gasteiger partial charge >= 0.3 is 0 Å². The van der Waals surface area contributed by atoms with Crippen molar-refractivity contribution >= 4 is 17.3 Å². The van der Waals surface area contributed by atoms with Crippen LogP contribution in [0.5, 0.6) is 0 Å². The Kier molecular flexibility index (Phi) is 4.17. The molecule has 1 saturated heterocycles. The first-order chi connectivity index (χ1) is 10.3. The van der Waals surface area contributed by atoms with Crippen molar-refractivity contribution in [3.8, 4) is 0 Å². The maximum Gasteiger partial charge on any atom is 0.256 e. The van der Waals surface area contributed by atoms with Crippen LogP contribution in [0.1, 0.15) is 10.4 Å². The molecule has 0 atom stereocenters. The number of nitrogens with zero attached hydrogens (tertiary/aromatic N) is 1. The van der Waals surface area contributed by atoms with E-state index in [2.05, 4.69) is 27.7 Å². The van der Waals surface area contributed by atoms with Crippen LogP contribution in [0.2, 0.25) is 0 Å². The van der Waals surface area contributed by atoms with Crippen molar-refractivity contribution in [3.63, 3.8) is 0 Å². The van der Waals surface area contributed by atoms with Gasteiger partial charge in [0.2, 0.25) is 0 Å². The van der Waals surface area contributed by atoms with Crippen LogP contribution >= 0.6 is 0 Å². The second kappa shape index (κ2) is 6.41. The van der Waals surface area contributed by atoms with Crippen LogP contribution in [-0.4, -0.2) is 32.1 Å². The van der Waals surface area contributed by atoms with Gasteiger partial charge in [0.05, 0.1) is 11.4 Å². The first-order valence-electron chi connectivity index (χ1n) is 7.17. The number of anilines is 2. The maximum absolute atomic E-state index is 12.3. The molecule has 107 valence electrons. The van der Waals surface area contributed by atoms with Crippen LogP contribution in [0.4, 0.5) is 11.4 Å². The Bertz CT molecular complexity index is 606. The van der Waals surface area contributed by atoms with Gasteiger partial charge in [-0.05, 0) is 24.3 Å². The van der Waals surface area contributed by atoms with E-state index in [0.717, 1.165) is 37.6 Å². The van der Waals surface area contributed by atoms with E-state index in [1.165, 1.54) is 0 Å². The van der Waals surface area contributed by atoms with Crippen LogP contribution in [-0.2, 0) is 0 Å². The Hall–Kier alpha value is -2.33. The van der Waals surface area contributed by atoms with Crippen LogP contribution in [0.3, 0.4) is 0 Å². The van der Waals surface area contributed by atoms with Gasteiger partial charge in [0.1, 0.15) is 0 Å². The van der Waals surface area contributed by atoms with E-state index in [4.69, 9.17) is 0 Å².